The summed E-state index contributed by atoms with van der Waals surface area (Å²) in [5, 5.41) is 7.83. The minimum Gasteiger partial charge on any atom is -0.361 e. The molecule has 0 spiro atoms. The van der Waals surface area contributed by atoms with Crippen LogP contribution >= 0.6 is 15.9 Å². The molecule has 1 aliphatic rings. The molecule has 1 amide bonds. The Kier molecular flexibility index (Phi) is 2.70. The van der Waals surface area contributed by atoms with Gasteiger partial charge in [-0.25, -0.2) is 0 Å². The lowest BCUT2D eigenvalue weighted by atomic mass is 10.1. The van der Waals surface area contributed by atoms with Crippen molar-refractivity contribution in [3.63, 3.8) is 0 Å². The number of halogens is 1. The summed E-state index contributed by atoms with van der Waals surface area (Å²) in [7, 11) is 0. The third kappa shape index (κ3) is 1.84. The molecule has 0 N–H and O–H groups in total. The number of hydrogen-bond donors (Lipinski definition) is 0. The Labute approximate surface area is 112 Å². The average molecular weight is 311 g/mol. The fourth-order valence-electron chi connectivity index (χ4n) is 1.98. The van der Waals surface area contributed by atoms with E-state index in [1.54, 1.807) is 18.0 Å². The van der Waals surface area contributed by atoms with E-state index in [0.29, 0.717) is 24.4 Å². The highest BCUT2D eigenvalue weighted by molar-refractivity contribution is 9.10. The second kappa shape index (κ2) is 4.24. The largest absolute Gasteiger partial charge is 0.361 e. The van der Waals surface area contributed by atoms with Gasteiger partial charge in [-0.1, -0.05) is 5.16 Å². The molecule has 0 radical (unpaired) electrons. The van der Waals surface area contributed by atoms with E-state index < -0.39 is 0 Å². The second-order valence-corrected chi connectivity index (χ2v) is 5.21. The highest BCUT2D eigenvalue weighted by atomic mass is 79.9. The van der Waals surface area contributed by atoms with Gasteiger partial charge in [0.15, 0.2) is 0 Å². The molecule has 6 nitrogen and oxygen atoms in total. The number of aryl methyl sites for hydroxylation is 1. The number of aromatic nitrogens is 3. The summed E-state index contributed by atoms with van der Waals surface area (Å²) in [5.74, 6) is 0.529. The van der Waals surface area contributed by atoms with Crippen LogP contribution in [0.3, 0.4) is 0 Å². The van der Waals surface area contributed by atoms with E-state index >= 15 is 0 Å². The van der Waals surface area contributed by atoms with Crippen LogP contribution in [0.15, 0.2) is 27.6 Å². The van der Waals surface area contributed by atoms with Gasteiger partial charge in [-0.15, -0.1) is 0 Å². The Morgan fingerprint density at radius 3 is 2.83 bits per heavy atom. The van der Waals surface area contributed by atoms with Gasteiger partial charge in [0.2, 0.25) is 0 Å². The van der Waals surface area contributed by atoms with E-state index in [-0.39, 0.29) is 11.9 Å². The second-order valence-electron chi connectivity index (χ2n) is 4.30. The number of carbonyl (C=O) groups excluding carboxylic acids is 1. The Morgan fingerprint density at radius 2 is 2.28 bits per heavy atom. The number of likely N-dealkylation sites (tertiary alicyclic amines) is 1. The zero-order valence-corrected chi connectivity index (χ0v) is 11.3. The number of hydrogen-bond acceptors (Lipinski definition) is 4. The van der Waals surface area contributed by atoms with Gasteiger partial charge >= 0.3 is 0 Å². The quantitative estimate of drug-likeness (QED) is 0.846. The van der Waals surface area contributed by atoms with Gasteiger partial charge in [0, 0.05) is 19.3 Å². The Balaban J connectivity index is 1.66. The number of carbonyl (C=O) groups is 1. The van der Waals surface area contributed by atoms with Crippen LogP contribution in [-0.2, 0) is 0 Å². The number of amides is 1. The fourth-order valence-corrected chi connectivity index (χ4v) is 2.28. The first kappa shape index (κ1) is 11.5. The normalized spacial score (nSPS) is 15.8. The van der Waals surface area contributed by atoms with Crippen molar-refractivity contribution in [3.8, 4) is 0 Å². The molecule has 0 atom stereocenters. The lowest BCUT2D eigenvalue weighted by Gasteiger charge is -2.38. The maximum atomic E-state index is 12.1. The Bertz CT molecular complexity index is 585. The van der Waals surface area contributed by atoms with Crippen molar-refractivity contribution in [2.24, 2.45) is 0 Å². The minimum absolute atomic E-state index is 0.0313. The molecule has 0 aliphatic carbocycles. The molecule has 3 heterocycles. The van der Waals surface area contributed by atoms with Crippen molar-refractivity contribution in [1.29, 1.82) is 0 Å². The van der Waals surface area contributed by atoms with Gasteiger partial charge in [0.05, 0.1) is 22.9 Å². The van der Waals surface area contributed by atoms with Gasteiger partial charge < -0.3 is 9.42 Å². The molecular weight excluding hydrogens is 300 g/mol. The van der Waals surface area contributed by atoms with Crippen LogP contribution in [0.5, 0.6) is 0 Å². The number of rotatable bonds is 2. The van der Waals surface area contributed by atoms with E-state index in [2.05, 4.69) is 26.2 Å². The Morgan fingerprint density at radius 1 is 1.50 bits per heavy atom. The van der Waals surface area contributed by atoms with Crippen LogP contribution < -0.4 is 0 Å². The summed E-state index contributed by atoms with van der Waals surface area (Å²) in [6.07, 6.45) is 5.13. The molecule has 94 valence electrons. The molecule has 3 rings (SSSR count). The van der Waals surface area contributed by atoms with Crippen LogP contribution in [-0.4, -0.2) is 38.8 Å². The van der Waals surface area contributed by atoms with Crippen molar-refractivity contribution in [1.82, 2.24) is 19.8 Å². The van der Waals surface area contributed by atoms with Gasteiger partial charge in [-0.3, -0.25) is 9.48 Å². The van der Waals surface area contributed by atoms with Crippen molar-refractivity contribution in [2.45, 2.75) is 13.0 Å². The van der Waals surface area contributed by atoms with E-state index in [1.807, 2.05) is 10.9 Å². The molecule has 7 heteroatoms. The molecule has 0 saturated carbocycles. The molecule has 2 aromatic heterocycles. The predicted molar refractivity (Wildman–Crippen MR) is 66.1 cm³/mol. The molecule has 1 fully saturated rings. The minimum atomic E-state index is -0.0313. The monoisotopic (exact) mass is 310 g/mol. The maximum absolute atomic E-state index is 12.1. The first-order valence-electron chi connectivity index (χ1n) is 5.55. The Hall–Kier alpha value is -1.63. The highest BCUT2D eigenvalue weighted by Crippen LogP contribution is 2.24. The van der Waals surface area contributed by atoms with Crippen molar-refractivity contribution in [3.05, 3.63) is 34.4 Å². The first-order chi connectivity index (χ1) is 8.65. The standard InChI is InChI=1S/C11H11BrN4O2/c1-7-10(3-14-18-7)11(17)15-5-9(6-15)16-4-8(12)2-13-16/h2-4,9H,5-6H2,1H3. The van der Waals surface area contributed by atoms with Gasteiger partial charge in [0.1, 0.15) is 11.3 Å². The molecule has 0 aromatic carbocycles. The van der Waals surface area contributed by atoms with Crippen LogP contribution in [0.2, 0.25) is 0 Å². The van der Waals surface area contributed by atoms with E-state index in [0.717, 1.165) is 4.47 Å². The van der Waals surface area contributed by atoms with Crippen LogP contribution in [0.25, 0.3) is 0 Å². The first-order valence-corrected chi connectivity index (χ1v) is 6.34. The van der Waals surface area contributed by atoms with E-state index in [9.17, 15) is 4.79 Å². The molecule has 2 aromatic rings. The van der Waals surface area contributed by atoms with Gasteiger partial charge in [-0.05, 0) is 22.9 Å². The van der Waals surface area contributed by atoms with Gasteiger partial charge in [-0.2, -0.15) is 5.10 Å². The van der Waals surface area contributed by atoms with Crippen molar-refractivity contribution >= 4 is 21.8 Å². The zero-order valence-electron chi connectivity index (χ0n) is 9.71. The number of nitrogens with zero attached hydrogens (tertiary/aromatic N) is 4. The zero-order chi connectivity index (χ0) is 12.7. The third-order valence-electron chi connectivity index (χ3n) is 3.07. The summed E-state index contributed by atoms with van der Waals surface area (Å²) in [4.78, 5) is 13.8. The summed E-state index contributed by atoms with van der Waals surface area (Å²) < 4.78 is 7.71. The maximum Gasteiger partial charge on any atom is 0.259 e. The summed E-state index contributed by atoms with van der Waals surface area (Å²) in [6, 6.07) is 0.250. The lowest BCUT2D eigenvalue weighted by Crippen LogP contribution is -2.50. The van der Waals surface area contributed by atoms with Crippen molar-refractivity contribution < 1.29 is 9.32 Å². The topological polar surface area (TPSA) is 64.2 Å². The summed E-state index contributed by atoms with van der Waals surface area (Å²) in [6.45, 7) is 3.07. The molecule has 18 heavy (non-hydrogen) atoms. The molecular formula is C11H11BrN4O2. The molecule has 1 saturated heterocycles. The third-order valence-corrected chi connectivity index (χ3v) is 3.48. The lowest BCUT2D eigenvalue weighted by molar-refractivity contribution is 0.0499. The average Bonchev–Trinajstić information content (AvgIpc) is 2.85. The van der Waals surface area contributed by atoms with E-state index in [4.69, 9.17) is 4.52 Å². The highest BCUT2D eigenvalue weighted by Gasteiger charge is 2.34. The van der Waals surface area contributed by atoms with Crippen LogP contribution in [0.1, 0.15) is 22.2 Å². The molecule has 0 bridgehead atoms. The smallest absolute Gasteiger partial charge is 0.259 e. The fraction of sp³-hybridized carbons (Fsp3) is 0.364. The molecule has 0 unspecified atom stereocenters. The van der Waals surface area contributed by atoms with E-state index in [1.165, 1.54) is 6.20 Å². The molecule has 1 aliphatic heterocycles. The van der Waals surface area contributed by atoms with Crippen LogP contribution in [0, 0.1) is 6.92 Å². The summed E-state index contributed by atoms with van der Waals surface area (Å²) in [5.41, 5.74) is 0.537. The summed E-state index contributed by atoms with van der Waals surface area (Å²) >= 11 is 3.35. The van der Waals surface area contributed by atoms with Gasteiger partial charge in [0.25, 0.3) is 5.91 Å². The van der Waals surface area contributed by atoms with Crippen LogP contribution in [0.4, 0.5) is 0 Å². The predicted octanol–water partition coefficient (Wildman–Crippen LogP) is 1.64. The SMILES string of the molecule is Cc1oncc1C(=O)N1CC(n2cc(Br)cn2)C1. The van der Waals surface area contributed by atoms with Crippen molar-refractivity contribution in [2.75, 3.05) is 13.1 Å².